The van der Waals surface area contributed by atoms with Crippen molar-refractivity contribution in [2.75, 3.05) is 0 Å². The molecular weight excluding hydrogens is 342 g/mol. The molecule has 0 amide bonds. The first-order valence-electron chi connectivity index (χ1n) is 3.73. The van der Waals surface area contributed by atoms with E-state index in [2.05, 4.69) is 0 Å². The average molecular weight is 349 g/mol. The van der Waals surface area contributed by atoms with Crippen LogP contribution in [0.1, 0.15) is 12.5 Å². The second-order valence-electron chi connectivity index (χ2n) is 2.84. The molecular formula is C9H7Cl3Te. The van der Waals surface area contributed by atoms with Crippen LogP contribution in [0.2, 0.25) is 0 Å². The summed E-state index contributed by atoms with van der Waals surface area (Å²) in [6.45, 7) is 1.93. The summed E-state index contributed by atoms with van der Waals surface area (Å²) >= 11 is 3.15. The predicted molar refractivity (Wildman–Crippen MR) is 62.0 cm³/mol. The van der Waals surface area contributed by atoms with Gasteiger partial charge in [0.15, 0.2) is 0 Å². The number of hydrogen-bond donors (Lipinski definition) is 0. The van der Waals surface area contributed by atoms with Crippen LogP contribution in [0.25, 0.3) is 5.03 Å². The summed E-state index contributed by atoms with van der Waals surface area (Å²) < 4.78 is 2.06. The number of hydrogen-bond acceptors (Lipinski definition) is 0. The summed E-state index contributed by atoms with van der Waals surface area (Å²) in [7, 11) is 12.7. The molecule has 1 aromatic carbocycles. The maximum atomic E-state index is 6.36. The first kappa shape index (κ1) is 10.1. The van der Waals surface area contributed by atoms with Gasteiger partial charge in [-0.2, -0.15) is 0 Å². The van der Waals surface area contributed by atoms with Crippen LogP contribution in [-0.2, 0) is 0 Å². The Morgan fingerprint density at radius 3 is 2.38 bits per heavy atom. The fourth-order valence-electron chi connectivity index (χ4n) is 1.34. The van der Waals surface area contributed by atoms with Crippen molar-refractivity contribution in [3.63, 3.8) is 0 Å². The van der Waals surface area contributed by atoms with Crippen LogP contribution in [0, 0.1) is 0 Å². The van der Waals surface area contributed by atoms with Crippen LogP contribution >= 0.6 is 29.5 Å². The molecule has 0 saturated heterocycles. The van der Waals surface area contributed by atoms with E-state index in [9.17, 15) is 0 Å². The molecule has 0 unspecified atom stereocenters. The Balaban J connectivity index is 2.74. The second-order valence-corrected chi connectivity index (χ2v) is 16.2. The molecule has 0 atom stereocenters. The fourth-order valence-corrected chi connectivity index (χ4v) is 9.71. The molecule has 0 N–H and O–H groups in total. The zero-order valence-electron chi connectivity index (χ0n) is 6.85. The van der Waals surface area contributed by atoms with Crippen molar-refractivity contribution in [2.24, 2.45) is 0 Å². The van der Waals surface area contributed by atoms with Gasteiger partial charge in [-0.15, -0.1) is 0 Å². The third-order valence-electron chi connectivity index (χ3n) is 2.09. The molecule has 2 rings (SSSR count). The van der Waals surface area contributed by atoms with Crippen LogP contribution in [0.4, 0.5) is 0 Å². The summed E-state index contributed by atoms with van der Waals surface area (Å²) in [6.07, 6.45) is 0. The van der Waals surface area contributed by atoms with Gasteiger partial charge in [-0.25, -0.2) is 0 Å². The summed E-state index contributed by atoms with van der Waals surface area (Å²) in [4.78, 5) is 0. The minimum absolute atomic E-state index is 0.752. The Labute approximate surface area is 93.8 Å². The molecule has 0 fully saturated rings. The van der Waals surface area contributed by atoms with Gasteiger partial charge in [0.2, 0.25) is 0 Å². The average Bonchev–Trinajstić information content (AvgIpc) is 2.30. The van der Waals surface area contributed by atoms with E-state index in [1.807, 2.05) is 31.2 Å². The molecule has 0 aliphatic carbocycles. The van der Waals surface area contributed by atoms with E-state index in [1.54, 1.807) is 0 Å². The number of benzene rings is 1. The van der Waals surface area contributed by atoms with Crippen molar-refractivity contribution in [3.8, 4) is 0 Å². The maximum absolute atomic E-state index is 6.36. The van der Waals surface area contributed by atoms with E-state index < -0.39 is 15.9 Å². The van der Waals surface area contributed by atoms with Crippen molar-refractivity contribution in [1.82, 2.24) is 0 Å². The number of rotatable bonds is 0. The second kappa shape index (κ2) is 3.33. The normalized spacial score (nSPS) is 21.5. The molecule has 1 heterocycles. The molecule has 0 aromatic heterocycles. The first-order valence-corrected chi connectivity index (χ1v) is 12.3. The van der Waals surface area contributed by atoms with Gasteiger partial charge < -0.3 is 0 Å². The minimum atomic E-state index is -2.98. The van der Waals surface area contributed by atoms with Gasteiger partial charge >= 0.3 is 94.5 Å². The fraction of sp³-hybridized carbons (Fsp3) is 0.111. The van der Waals surface area contributed by atoms with Crippen LogP contribution in [0.15, 0.2) is 27.9 Å². The van der Waals surface area contributed by atoms with Crippen molar-refractivity contribution in [1.29, 1.82) is 0 Å². The van der Waals surface area contributed by atoms with Crippen molar-refractivity contribution >= 4 is 54.1 Å². The molecule has 13 heavy (non-hydrogen) atoms. The zero-order chi connectivity index (χ0) is 9.64. The van der Waals surface area contributed by atoms with Crippen molar-refractivity contribution in [2.45, 2.75) is 6.92 Å². The third-order valence-corrected chi connectivity index (χ3v) is 13.6. The summed E-state index contributed by atoms with van der Waals surface area (Å²) in [6, 6.07) is 7.86. The van der Waals surface area contributed by atoms with E-state index in [-0.39, 0.29) is 0 Å². The monoisotopic (exact) mass is 350 g/mol. The Morgan fingerprint density at radius 1 is 1.15 bits per heavy atom. The molecule has 70 valence electrons. The molecule has 1 aliphatic heterocycles. The van der Waals surface area contributed by atoms with E-state index in [1.165, 1.54) is 0 Å². The number of fused-ring (bicyclic) bond motifs is 1. The standard InChI is InChI=1S/C9H7Cl3Te/c1-6-9(10)7-4-2-3-5-8(7)13(6,11)12/h2-5H,1H3. The molecule has 1 aromatic rings. The van der Waals surface area contributed by atoms with E-state index in [4.69, 9.17) is 29.5 Å². The molecule has 0 radical (unpaired) electrons. The van der Waals surface area contributed by atoms with Crippen LogP contribution in [-0.4, -0.2) is 15.9 Å². The van der Waals surface area contributed by atoms with Crippen molar-refractivity contribution < 1.29 is 0 Å². The Bertz CT molecular complexity index is 396. The van der Waals surface area contributed by atoms with Gasteiger partial charge in [0.05, 0.1) is 0 Å². The van der Waals surface area contributed by atoms with Gasteiger partial charge in [0.1, 0.15) is 0 Å². The van der Waals surface area contributed by atoms with Gasteiger partial charge in [-0.05, 0) is 0 Å². The van der Waals surface area contributed by atoms with Crippen LogP contribution < -0.4 is 3.61 Å². The molecule has 1 aliphatic rings. The molecule has 0 bridgehead atoms. The predicted octanol–water partition coefficient (Wildman–Crippen LogP) is 3.34. The van der Waals surface area contributed by atoms with E-state index in [0.717, 1.165) is 17.8 Å². The molecule has 4 heteroatoms. The zero-order valence-corrected chi connectivity index (χ0v) is 11.4. The molecule has 0 spiro atoms. The number of allylic oxidation sites excluding steroid dienone is 1. The molecule has 0 nitrogen and oxygen atoms in total. The summed E-state index contributed by atoms with van der Waals surface area (Å²) in [5.41, 5.74) is 1.02. The van der Waals surface area contributed by atoms with Gasteiger partial charge in [0.25, 0.3) is 0 Å². The van der Waals surface area contributed by atoms with Gasteiger partial charge in [0, 0.05) is 0 Å². The van der Waals surface area contributed by atoms with Gasteiger partial charge in [-0.1, -0.05) is 0 Å². The van der Waals surface area contributed by atoms with E-state index in [0.29, 0.717) is 0 Å². The SMILES string of the molecule is CC1=C(Cl)c2ccccc2[Te]1(Cl)Cl. The first-order chi connectivity index (χ1) is 6.05. The Morgan fingerprint density at radius 2 is 1.77 bits per heavy atom. The quantitative estimate of drug-likeness (QED) is 0.631. The van der Waals surface area contributed by atoms with Gasteiger partial charge in [-0.3, -0.25) is 0 Å². The van der Waals surface area contributed by atoms with Crippen molar-refractivity contribution in [3.05, 3.63) is 33.4 Å². The van der Waals surface area contributed by atoms with Crippen LogP contribution in [0.5, 0.6) is 0 Å². The number of halogens is 3. The topological polar surface area (TPSA) is 0 Å². The Hall–Kier alpha value is 0.620. The van der Waals surface area contributed by atoms with Crippen LogP contribution in [0.3, 0.4) is 0 Å². The molecule has 0 saturated carbocycles. The summed E-state index contributed by atoms with van der Waals surface area (Å²) in [5, 5.41) is 0.752. The third kappa shape index (κ3) is 1.42. The van der Waals surface area contributed by atoms with E-state index >= 15 is 0 Å². The Kier molecular flexibility index (Phi) is 2.60. The summed E-state index contributed by atoms with van der Waals surface area (Å²) in [5.74, 6) is 0.